The molecule has 1 aromatic carbocycles. The zero-order chi connectivity index (χ0) is 15.4. The molecule has 5 nitrogen and oxygen atoms in total. The fourth-order valence-corrected chi connectivity index (χ4v) is 2.43. The van der Waals surface area contributed by atoms with E-state index in [1.807, 2.05) is 44.4 Å². The normalized spacial score (nSPS) is 13.1. The summed E-state index contributed by atoms with van der Waals surface area (Å²) in [6.45, 7) is 1.97. The molecule has 0 radical (unpaired) electrons. The molecule has 1 heterocycles. The Bertz CT molecular complexity index is 614. The first-order chi connectivity index (χ1) is 10.0. The number of hydrogen-bond donors (Lipinski definition) is 2. The SMILES string of the molecule is CNC(C(=O)NC(C)c1ccc(Br)cc1)c1cnn(C)c1.Cl. The molecule has 0 saturated heterocycles. The summed E-state index contributed by atoms with van der Waals surface area (Å²) in [6.07, 6.45) is 3.54. The van der Waals surface area contributed by atoms with Crippen molar-refractivity contribution in [1.29, 1.82) is 0 Å². The average Bonchev–Trinajstić information content (AvgIpc) is 2.86. The Balaban J connectivity index is 0.00000242. The molecular weight excluding hydrogens is 368 g/mol. The number of carbonyl (C=O) groups excluding carboxylic acids is 1. The lowest BCUT2D eigenvalue weighted by Gasteiger charge is -2.19. The fraction of sp³-hybridized carbons (Fsp3) is 0.333. The highest BCUT2D eigenvalue weighted by atomic mass is 79.9. The van der Waals surface area contributed by atoms with E-state index in [0.29, 0.717) is 0 Å². The summed E-state index contributed by atoms with van der Waals surface area (Å²) in [5.41, 5.74) is 1.91. The van der Waals surface area contributed by atoms with Crippen molar-refractivity contribution < 1.29 is 4.79 Å². The first-order valence-electron chi connectivity index (χ1n) is 6.73. The third kappa shape index (κ3) is 4.56. The topological polar surface area (TPSA) is 59.0 Å². The molecule has 0 spiro atoms. The van der Waals surface area contributed by atoms with Crippen LogP contribution in [0.5, 0.6) is 0 Å². The maximum absolute atomic E-state index is 12.4. The van der Waals surface area contributed by atoms with E-state index >= 15 is 0 Å². The van der Waals surface area contributed by atoms with Gasteiger partial charge in [0, 0.05) is 23.3 Å². The van der Waals surface area contributed by atoms with Crippen molar-refractivity contribution in [2.45, 2.75) is 19.0 Å². The van der Waals surface area contributed by atoms with E-state index in [2.05, 4.69) is 31.7 Å². The minimum atomic E-state index is -0.406. The predicted octanol–water partition coefficient (Wildman–Crippen LogP) is 2.74. The van der Waals surface area contributed by atoms with Crippen LogP contribution in [-0.2, 0) is 11.8 Å². The standard InChI is InChI=1S/C15H19BrN4O.ClH/c1-10(11-4-6-13(16)7-5-11)19-15(21)14(17-2)12-8-18-20(3)9-12;/h4-10,14,17H,1-3H3,(H,19,21);1H. The summed E-state index contributed by atoms with van der Waals surface area (Å²) in [6, 6.07) is 7.46. The molecule has 2 atom stereocenters. The molecule has 7 heteroatoms. The van der Waals surface area contributed by atoms with E-state index in [0.717, 1.165) is 15.6 Å². The number of amides is 1. The molecule has 120 valence electrons. The van der Waals surface area contributed by atoms with Gasteiger partial charge >= 0.3 is 0 Å². The first kappa shape index (κ1) is 18.7. The molecular formula is C15H20BrClN4O. The van der Waals surface area contributed by atoms with Gasteiger partial charge in [-0.15, -0.1) is 12.4 Å². The van der Waals surface area contributed by atoms with E-state index in [1.165, 1.54) is 0 Å². The molecule has 2 N–H and O–H groups in total. The molecule has 1 aromatic heterocycles. The van der Waals surface area contributed by atoms with Crippen molar-refractivity contribution in [2.24, 2.45) is 7.05 Å². The van der Waals surface area contributed by atoms with Gasteiger partial charge in [-0.2, -0.15) is 5.10 Å². The summed E-state index contributed by atoms with van der Waals surface area (Å²) >= 11 is 3.41. The number of benzene rings is 1. The minimum absolute atomic E-state index is 0. The van der Waals surface area contributed by atoms with Gasteiger partial charge in [-0.1, -0.05) is 28.1 Å². The third-order valence-electron chi connectivity index (χ3n) is 3.34. The average molecular weight is 388 g/mol. The van der Waals surface area contributed by atoms with Crippen LogP contribution in [0.25, 0.3) is 0 Å². The maximum Gasteiger partial charge on any atom is 0.242 e. The molecule has 0 aliphatic rings. The molecule has 0 aliphatic heterocycles. The Labute approximate surface area is 145 Å². The zero-order valence-corrected chi connectivity index (χ0v) is 15.1. The summed E-state index contributed by atoms with van der Waals surface area (Å²) in [7, 11) is 3.60. The highest BCUT2D eigenvalue weighted by Crippen LogP contribution is 2.18. The van der Waals surface area contributed by atoms with Gasteiger partial charge in [-0.3, -0.25) is 9.48 Å². The van der Waals surface area contributed by atoms with Crippen LogP contribution in [-0.4, -0.2) is 22.7 Å². The molecule has 1 amide bonds. The Hall–Kier alpha value is -1.37. The predicted molar refractivity (Wildman–Crippen MR) is 93.0 cm³/mol. The van der Waals surface area contributed by atoms with Crippen LogP contribution in [0.3, 0.4) is 0 Å². The van der Waals surface area contributed by atoms with Crippen molar-refractivity contribution in [3.63, 3.8) is 0 Å². The monoisotopic (exact) mass is 386 g/mol. The smallest absolute Gasteiger partial charge is 0.242 e. The Morgan fingerprint density at radius 2 is 1.91 bits per heavy atom. The van der Waals surface area contributed by atoms with Gasteiger partial charge in [0.2, 0.25) is 5.91 Å². The van der Waals surface area contributed by atoms with Crippen molar-refractivity contribution in [1.82, 2.24) is 20.4 Å². The van der Waals surface area contributed by atoms with Crippen LogP contribution < -0.4 is 10.6 Å². The van der Waals surface area contributed by atoms with Crippen LogP contribution in [0, 0.1) is 0 Å². The number of likely N-dealkylation sites (N-methyl/N-ethyl adjacent to an activating group) is 1. The highest BCUT2D eigenvalue weighted by molar-refractivity contribution is 9.10. The van der Waals surface area contributed by atoms with E-state index < -0.39 is 6.04 Å². The zero-order valence-electron chi connectivity index (χ0n) is 12.7. The maximum atomic E-state index is 12.4. The summed E-state index contributed by atoms with van der Waals surface area (Å²) in [4.78, 5) is 12.4. The van der Waals surface area contributed by atoms with E-state index in [1.54, 1.807) is 17.9 Å². The van der Waals surface area contributed by atoms with E-state index in [9.17, 15) is 4.79 Å². The van der Waals surface area contributed by atoms with Crippen LogP contribution in [0.2, 0.25) is 0 Å². The van der Waals surface area contributed by atoms with Crippen molar-refractivity contribution in [3.8, 4) is 0 Å². The van der Waals surface area contributed by atoms with Crippen molar-refractivity contribution >= 4 is 34.2 Å². The molecule has 22 heavy (non-hydrogen) atoms. The largest absolute Gasteiger partial charge is 0.348 e. The van der Waals surface area contributed by atoms with Crippen LogP contribution in [0.4, 0.5) is 0 Å². The molecule has 2 aromatic rings. The second kappa shape index (κ2) is 8.31. The second-order valence-corrected chi connectivity index (χ2v) is 5.87. The van der Waals surface area contributed by atoms with Crippen LogP contribution in [0.15, 0.2) is 41.1 Å². The number of aromatic nitrogens is 2. The molecule has 2 unspecified atom stereocenters. The number of halogens is 2. The van der Waals surface area contributed by atoms with Gasteiger partial charge in [0.05, 0.1) is 12.2 Å². The molecule has 0 bridgehead atoms. The fourth-order valence-electron chi connectivity index (χ4n) is 2.17. The Kier molecular flexibility index (Phi) is 7.06. The Morgan fingerprint density at radius 3 is 2.41 bits per heavy atom. The first-order valence-corrected chi connectivity index (χ1v) is 7.52. The molecule has 0 aliphatic carbocycles. The number of carbonyl (C=O) groups is 1. The second-order valence-electron chi connectivity index (χ2n) is 4.95. The quantitative estimate of drug-likeness (QED) is 0.829. The molecule has 0 saturated carbocycles. The van der Waals surface area contributed by atoms with Gasteiger partial charge in [0.1, 0.15) is 6.04 Å². The van der Waals surface area contributed by atoms with E-state index in [-0.39, 0.29) is 24.4 Å². The summed E-state index contributed by atoms with van der Waals surface area (Å²) in [5.74, 6) is -0.0686. The third-order valence-corrected chi connectivity index (χ3v) is 3.87. The number of rotatable bonds is 5. The summed E-state index contributed by atoms with van der Waals surface area (Å²) in [5, 5.41) is 10.2. The van der Waals surface area contributed by atoms with Crippen LogP contribution in [0.1, 0.15) is 30.1 Å². The van der Waals surface area contributed by atoms with E-state index in [4.69, 9.17) is 0 Å². The van der Waals surface area contributed by atoms with Crippen LogP contribution >= 0.6 is 28.3 Å². The Morgan fingerprint density at radius 1 is 1.27 bits per heavy atom. The van der Waals surface area contributed by atoms with Gasteiger partial charge in [-0.05, 0) is 31.7 Å². The van der Waals surface area contributed by atoms with Crippen molar-refractivity contribution in [3.05, 3.63) is 52.3 Å². The number of nitrogens with zero attached hydrogens (tertiary/aromatic N) is 2. The molecule has 0 fully saturated rings. The van der Waals surface area contributed by atoms with Gasteiger partial charge < -0.3 is 10.6 Å². The van der Waals surface area contributed by atoms with Gasteiger partial charge in [0.15, 0.2) is 0 Å². The number of nitrogens with one attached hydrogen (secondary N) is 2. The van der Waals surface area contributed by atoms with Gasteiger partial charge in [0.25, 0.3) is 0 Å². The lowest BCUT2D eigenvalue weighted by Crippen LogP contribution is -2.37. The number of aryl methyl sites for hydroxylation is 1. The lowest BCUT2D eigenvalue weighted by atomic mass is 10.1. The van der Waals surface area contributed by atoms with Gasteiger partial charge in [-0.25, -0.2) is 0 Å². The minimum Gasteiger partial charge on any atom is -0.348 e. The van der Waals surface area contributed by atoms with Crippen molar-refractivity contribution in [2.75, 3.05) is 7.05 Å². The summed E-state index contributed by atoms with van der Waals surface area (Å²) < 4.78 is 2.71. The molecule has 2 rings (SSSR count). The number of hydrogen-bond acceptors (Lipinski definition) is 3. The lowest BCUT2D eigenvalue weighted by molar-refractivity contribution is -0.123. The highest BCUT2D eigenvalue weighted by Gasteiger charge is 2.21.